The van der Waals surface area contributed by atoms with Crippen molar-refractivity contribution < 1.29 is 14.3 Å². The number of pyridine rings is 1. The Morgan fingerprint density at radius 2 is 1.91 bits per heavy atom. The first-order chi connectivity index (χ1) is 10.8. The van der Waals surface area contributed by atoms with Crippen molar-refractivity contribution >= 4 is 11.9 Å². The van der Waals surface area contributed by atoms with Crippen LogP contribution in [-0.4, -0.2) is 39.4 Å². The quantitative estimate of drug-likeness (QED) is 0.795. The Balaban J connectivity index is 2.11. The molecule has 1 saturated heterocycles. The fraction of sp³-hybridized carbons (Fsp3) is 0.611. The molecule has 1 aromatic heterocycles. The van der Waals surface area contributed by atoms with Crippen LogP contribution in [0.25, 0.3) is 0 Å². The van der Waals surface area contributed by atoms with E-state index in [0.717, 1.165) is 19.3 Å². The van der Waals surface area contributed by atoms with E-state index >= 15 is 0 Å². The average molecular weight is 318 g/mol. The van der Waals surface area contributed by atoms with Gasteiger partial charge >= 0.3 is 6.09 Å². The fourth-order valence-electron chi connectivity index (χ4n) is 3.00. The molecular weight excluding hydrogens is 292 g/mol. The molecule has 0 saturated carbocycles. The number of likely N-dealkylation sites (tertiary alicyclic amines) is 1. The minimum atomic E-state index is -0.534. The van der Waals surface area contributed by atoms with Crippen LogP contribution in [-0.2, 0) is 4.74 Å². The Hall–Kier alpha value is -1.91. The summed E-state index contributed by atoms with van der Waals surface area (Å²) in [5.41, 5.74) is 0.107. The Bertz CT molecular complexity index is 551. The van der Waals surface area contributed by atoms with Crippen molar-refractivity contribution in [2.75, 3.05) is 0 Å². The maximum absolute atomic E-state index is 12.5. The van der Waals surface area contributed by atoms with Crippen LogP contribution in [0.2, 0.25) is 0 Å². The van der Waals surface area contributed by atoms with E-state index in [2.05, 4.69) is 4.98 Å². The lowest BCUT2D eigenvalue weighted by atomic mass is 9.92. The number of hydrogen-bond acceptors (Lipinski definition) is 4. The van der Waals surface area contributed by atoms with Crippen LogP contribution in [0.15, 0.2) is 24.5 Å². The third-order valence-corrected chi connectivity index (χ3v) is 4.06. The van der Waals surface area contributed by atoms with Gasteiger partial charge in [-0.05, 0) is 59.1 Å². The van der Waals surface area contributed by atoms with Gasteiger partial charge in [-0.3, -0.25) is 9.78 Å². The van der Waals surface area contributed by atoms with E-state index in [1.54, 1.807) is 29.4 Å². The number of nitrogens with zero attached hydrogens (tertiary/aromatic N) is 2. The summed E-state index contributed by atoms with van der Waals surface area (Å²) in [6.07, 6.45) is 6.03. The van der Waals surface area contributed by atoms with Crippen LogP contribution in [0.5, 0.6) is 0 Å². The topological polar surface area (TPSA) is 59.5 Å². The first-order valence-corrected chi connectivity index (χ1v) is 8.22. The van der Waals surface area contributed by atoms with E-state index < -0.39 is 5.60 Å². The normalized spacial score (nSPS) is 21.8. The minimum absolute atomic E-state index is 0.0417. The molecule has 5 nitrogen and oxygen atoms in total. The number of aromatic nitrogens is 1. The molecule has 0 spiro atoms. The molecule has 2 unspecified atom stereocenters. The largest absolute Gasteiger partial charge is 0.444 e. The molecule has 0 N–H and O–H groups in total. The second-order valence-electron chi connectivity index (χ2n) is 7.18. The molecule has 1 fully saturated rings. The summed E-state index contributed by atoms with van der Waals surface area (Å²) in [5, 5.41) is 0. The summed E-state index contributed by atoms with van der Waals surface area (Å²) in [6, 6.07) is 3.42. The Kier molecular flexibility index (Phi) is 5.39. The van der Waals surface area contributed by atoms with Crippen molar-refractivity contribution in [2.45, 2.75) is 71.1 Å². The van der Waals surface area contributed by atoms with Crippen LogP contribution in [0.3, 0.4) is 0 Å². The van der Waals surface area contributed by atoms with Crippen molar-refractivity contribution in [1.29, 1.82) is 0 Å². The van der Waals surface area contributed by atoms with Gasteiger partial charge < -0.3 is 9.64 Å². The smallest absolute Gasteiger partial charge is 0.410 e. The summed E-state index contributed by atoms with van der Waals surface area (Å²) in [7, 11) is 0. The van der Waals surface area contributed by atoms with E-state index in [-0.39, 0.29) is 24.0 Å². The van der Waals surface area contributed by atoms with Crippen molar-refractivity contribution in [3.8, 4) is 0 Å². The molecule has 1 aliphatic rings. The Morgan fingerprint density at radius 3 is 2.52 bits per heavy atom. The molecule has 1 aromatic rings. The van der Waals surface area contributed by atoms with Gasteiger partial charge in [0.1, 0.15) is 5.60 Å². The van der Waals surface area contributed by atoms with Gasteiger partial charge in [-0.25, -0.2) is 4.79 Å². The summed E-state index contributed by atoms with van der Waals surface area (Å²) in [5.74, 6) is 0.0417. The average Bonchev–Trinajstić information content (AvgIpc) is 2.46. The van der Waals surface area contributed by atoms with E-state index in [1.807, 2.05) is 27.7 Å². The molecule has 2 rings (SSSR count). The highest BCUT2D eigenvalue weighted by atomic mass is 16.6. The summed E-state index contributed by atoms with van der Waals surface area (Å²) >= 11 is 0. The minimum Gasteiger partial charge on any atom is -0.444 e. The highest BCUT2D eigenvalue weighted by Crippen LogP contribution is 2.28. The van der Waals surface area contributed by atoms with Crippen molar-refractivity contribution in [3.63, 3.8) is 0 Å². The number of rotatable bonds is 3. The fourth-order valence-corrected chi connectivity index (χ4v) is 3.00. The molecular formula is C18H26N2O3. The highest BCUT2D eigenvalue weighted by molar-refractivity contribution is 5.96. The zero-order valence-electron chi connectivity index (χ0n) is 14.4. The van der Waals surface area contributed by atoms with Crippen molar-refractivity contribution in [2.24, 2.45) is 0 Å². The zero-order chi connectivity index (χ0) is 17.0. The summed E-state index contributed by atoms with van der Waals surface area (Å²) in [4.78, 5) is 30.7. The second-order valence-corrected chi connectivity index (χ2v) is 7.18. The standard InChI is InChI=1S/C18H26N2O3/c1-13-6-5-7-15(20(13)17(22)23-18(2,3)4)12-16(21)14-8-10-19-11-9-14/h8-11,13,15H,5-7,12H2,1-4H3. The number of carbonyl (C=O) groups is 2. The van der Waals surface area contributed by atoms with E-state index in [1.165, 1.54) is 0 Å². The van der Waals surface area contributed by atoms with Gasteiger partial charge in [-0.1, -0.05) is 0 Å². The van der Waals surface area contributed by atoms with Crippen LogP contribution in [0.1, 0.15) is 63.7 Å². The number of carbonyl (C=O) groups excluding carboxylic acids is 2. The first-order valence-electron chi connectivity index (χ1n) is 8.22. The van der Waals surface area contributed by atoms with Gasteiger partial charge in [-0.2, -0.15) is 0 Å². The summed E-state index contributed by atoms with van der Waals surface area (Å²) in [6.45, 7) is 7.59. The second kappa shape index (κ2) is 7.11. The highest BCUT2D eigenvalue weighted by Gasteiger charge is 2.35. The van der Waals surface area contributed by atoms with E-state index in [9.17, 15) is 9.59 Å². The molecule has 1 aliphatic heterocycles. The van der Waals surface area contributed by atoms with Crippen LogP contribution in [0.4, 0.5) is 4.79 Å². The molecule has 23 heavy (non-hydrogen) atoms. The zero-order valence-corrected chi connectivity index (χ0v) is 14.4. The number of piperidine rings is 1. The molecule has 5 heteroatoms. The van der Waals surface area contributed by atoms with Crippen molar-refractivity contribution in [1.82, 2.24) is 9.88 Å². The number of Topliss-reactive ketones (excluding diaryl/α,β-unsaturated/α-hetero) is 1. The van der Waals surface area contributed by atoms with Gasteiger partial charge in [0.25, 0.3) is 0 Å². The number of amides is 1. The molecule has 0 aliphatic carbocycles. The molecule has 2 atom stereocenters. The maximum atomic E-state index is 12.5. The molecule has 1 amide bonds. The molecule has 2 heterocycles. The van der Waals surface area contributed by atoms with Gasteiger partial charge in [0, 0.05) is 36.5 Å². The number of hydrogen-bond donors (Lipinski definition) is 0. The SMILES string of the molecule is CC1CCCC(CC(=O)c2ccncc2)N1C(=O)OC(C)(C)C. The van der Waals surface area contributed by atoms with Gasteiger partial charge in [0.2, 0.25) is 0 Å². The monoisotopic (exact) mass is 318 g/mol. The molecule has 0 bridgehead atoms. The van der Waals surface area contributed by atoms with E-state index in [4.69, 9.17) is 4.74 Å². The Morgan fingerprint density at radius 1 is 1.26 bits per heavy atom. The van der Waals surface area contributed by atoms with Gasteiger partial charge in [-0.15, -0.1) is 0 Å². The van der Waals surface area contributed by atoms with Gasteiger partial charge in [0.15, 0.2) is 5.78 Å². The lowest BCUT2D eigenvalue weighted by Gasteiger charge is -2.41. The molecule has 0 radical (unpaired) electrons. The van der Waals surface area contributed by atoms with Crippen LogP contribution >= 0.6 is 0 Å². The van der Waals surface area contributed by atoms with E-state index in [0.29, 0.717) is 12.0 Å². The maximum Gasteiger partial charge on any atom is 0.410 e. The first kappa shape index (κ1) is 17.4. The predicted molar refractivity (Wildman–Crippen MR) is 88.4 cm³/mol. The third-order valence-electron chi connectivity index (χ3n) is 4.06. The lowest BCUT2D eigenvalue weighted by molar-refractivity contribution is -0.00305. The summed E-state index contributed by atoms with van der Waals surface area (Å²) < 4.78 is 5.53. The Labute approximate surface area is 138 Å². The number of ether oxygens (including phenoxy) is 1. The van der Waals surface area contributed by atoms with Gasteiger partial charge in [0.05, 0.1) is 0 Å². The van der Waals surface area contributed by atoms with Crippen molar-refractivity contribution in [3.05, 3.63) is 30.1 Å². The van der Waals surface area contributed by atoms with Crippen LogP contribution in [0, 0.1) is 0 Å². The number of ketones is 1. The molecule has 0 aromatic carbocycles. The molecule has 126 valence electrons. The third kappa shape index (κ3) is 4.78. The lowest BCUT2D eigenvalue weighted by Crippen LogP contribution is -2.51. The van der Waals surface area contributed by atoms with Crippen LogP contribution < -0.4 is 0 Å². The predicted octanol–water partition coefficient (Wildman–Crippen LogP) is 3.83.